The van der Waals surface area contributed by atoms with Crippen molar-refractivity contribution in [3.63, 3.8) is 0 Å². The van der Waals surface area contributed by atoms with Crippen LogP contribution >= 0.6 is 0 Å². The summed E-state index contributed by atoms with van der Waals surface area (Å²) < 4.78 is 10.5. The molecule has 0 aliphatic carbocycles. The number of ether oxygens (including phenoxy) is 1. The van der Waals surface area contributed by atoms with E-state index in [2.05, 4.69) is 4.90 Å². The molecule has 1 saturated heterocycles. The molecule has 0 amide bonds. The van der Waals surface area contributed by atoms with Gasteiger partial charge in [-0.15, -0.1) is 0 Å². The highest BCUT2D eigenvalue weighted by Crippen LogP contribution is 2.20. The Bertz CT molecular complexity index is 399. The Morgan fingerprint density at radius 2 is 2.50 bits per heavy atom. The van der Waals surface area contributed by atoms with E-state index in [1.165, 1.54) is 18.8 Å². The maximum Gasteiger partial charge on any atom is 0.339 e. The highest BCUT2D eigenvalue weighted by atomic mass is 16.5. The first-order valence-corrected chi connectivity index (χ1v) is 6.21. The van der Waals surface area contributed by atoms with Crippen LogP contribution in [0.4, 0.5) is 0 Å². The molecule has 0 spiro atoms. The summed E-state index contributed by atoms with van der Waals surface area (Å²) in [6.07, 6.45) is 3.74. The van der Waals surface area contributed by atoms with Gasteiger partial charge in [0.2, 0.25) is 0 Å². The van der Waals surface area contributed by atoms with E-state index in [1.54, 1.807) is 7.11 Å². The third-order valence-corrected chi connectivity index (χ3v) is 3.35. The molecule has 1 fully saturated rings. The van der Waals surface area contributed by atoms with Crippen LogP contribution in [0.25, 0.3) is 0 Å². The number of furan rings is 1. The van der Waals surface area contributed by atoms with E-state index < -0.39 is 5.97 Å². The molecule has 0 saturated carbocycles. The Morgan fingerprint density at radius 3 is 3.22 bits per heavy atom. The normalized spacial score (nSPS) is 21.1. The smallest absolute Gasteiger partial charge is 0.339 e. The molecule has 5 heteroatoms. The number of nitrogens with zero attached hydrogens (tertiary/aromatic N) is 1. The quantitative estimate of drug-likeness (QED) is 0.867. The van der Waals surface area contributed by atoms with Crippen molar-refractivity contribution in [3.05, 3.63) is 23.7 Å². The molecule has 1 aromatic heterocycles. The van der Waals surface area contributed by atoms with E-state index in [0.717, 1.165) is 26.1 Å². The molecule has 2 rings (SSSR count). The zero-order valence-corrected chi connectivity index (χ0v) is 10.6. The van der Waals surface area contributed by atoms with Crippen molar-refractivity contribution in [1.82, 2.24) is 4.90 Å². The number of aromatic carboxylic acids is 1. The van der Waals surface area contributed by atoms with Crippen molar-refractivity contribution in [2.24, 2.45) is 5.92 Å². The predicted molar refractivity (Wildman–Crippen MR) is 65.5 cm³/mol. The maximum absolute atomic E-state index is 11.0. The van der Waals surface area contributed by atoms with Gasteiger partial charge in [-0.05, 0) is 31.4 Å². The molecule has 18 heavy (non-hydrogen) atoms. The van der Waals surface area contributed by atoms with Gasteiger partial charge >= 0.3 is 5.97 Å². The number of carbonyl (C=O) groups is 1. The van der Waals surface area contributed by atoms with Crippen LogP contribution in [-0.2, 0) is 11.3 Å². The molecule has 1 aromatic rings. The van der Waals surface area contributed by atoms with Gasteiger partial charge in [0.05, 0.1) is 19.4 Å². The Labute approximate surface area is 106 Å². The van der Waals surface area contributed by atoms with E-state index in [9.17, 15) is 4.79 Å². The van der Waals surface area contributed by atoms with Gasteiger partial charge < -0.3 is 14.3 Å². The molecule has 100 valence electrons. The van der Waals surface area contributed by atoms with Crippen LogP contribution in [0.5, 0.6) is 0 Å². The van der Waals surface area contributed by atoms with Crippen LogP contribution in [-0.4, -0.2) is 42.8 Å². The second kappa shape index (κ2) is 6.02. The summed E-state index contributed by atoms with van der Waals surface area (Å²) in [5.74, 6) is 0.150. The Balaban J connectivity index is 1.96. The Hall–Kier alpha value is -1.33. The lowest BCUT2D eigenvalue weighted by Gasteiger charge is -2.31. The van der Waals surface area contributed by atoms with Crippen LogP contribution in [0.1, 0.15) is 29.0 Å². The summed E-state index contributed by atoms with van der Waals surface area (Å²) in [4.78, 5) is 13.2. The van der Waals surface area contributed by atoms with E-state index >= 15 is 0 Å². The number of likely N-dealkylation sites (tertiary alicyclic amines) is 1. The topological polar surface area (TPSA) is 62.9 Å². The number of carboxylic acids is 1. The van der Waals surface area contributed by atoms with Crippen LogP contribution in [0.3, 0.4) is 0 Å². The van der Waals surface area contributed by atoms with Gasteiger partial charge in [0.25, 0.3) is 0 Å². The van der Waals surface area contributed by atoms with E-state index in [0.29, 0.717) is 18.2 Å². The zero-order chi connectivity index (χ0) is 13.0. The summed E-state index contributed by atoms with van der Waals surface area (Å²) in [5, 5.41) is 9.02. The van der Waals surface area contributed by atoms with Crippen molar-refractivity contribution in [2.75, 3.05) is 26.8 Å². The summed E-state index contributed by atoms with van der Waals surface area (Å²) in [5.41, 5.74) is 0.267. The molecule has 1 N–H and O–H groups in total. The van der Waals surface area contributed by atoms with Crippen molar-refractivity contribution < 1.29 is 19.1 Å². The number of hydrogen-bond donors (Lipinski definition) is 1. The van der Waals surface area contributed by atoms with Crippen molar-refractivity contribution in [2.45, 2.75) is 19.4 Å². The second-order valence-corrected chi connectivity index (χ2v) is 4.76. The standard InChI is InChI=1S/C13H19NO4/c1-17-9-10-3-2-5-14(7-10)8-12-11(13(15)16)4-6-18-12/h4,6,10H,2-3,5,7-9H2,1H3,(H,15,16). The number of methoxy groups -OCH3 is 1. The molecule has 0 bridgehead atoms. The maximum atomic E-state index is 11.0. The third-order valence-electron chi connectivity index (χ3n) is 3.35. The van der Waals surface area contributed by atoms with Gasteiger partial charge in [-0.1, -0.05) is 0 Å². The lowest BCUT2D eigenvalue weighted by atomic mass is 9.99. The first-order chi connectivity index (χ1) is 8.70. The Morgan fingerprint density at radius 1 is 1.67 bits per heavy atom. The number of carboxylic acid groups (broad SMARTS) is 1. The molecule has 1 aliphatic heterocycles. The fourth-order valence-electron chi connectivity index (χ4n) is 2.52. The highest BCUT2D eigenvalue weighted by molar-refractivity contribution is 5.88. The van der Waals surface area contributed by atoms with Gasteiger partial charge in [0.15, 0.2) is 0 Å². The van der Waals surface area contributed by atoms with Crippen LogP contribution in [0.15, 0.2) is 16.7 Å². The van der Waals surface area contributed by atoms with E-state index in [-0.39, 0.29) is 5.56 Å². The van der Waals surface area contributed by atoms with Gasteiger partial charge in [0.1, 0.15) is 11.3 Å². The molecular formula is C13H19NO4. The first kappa shape index (κ1) is 13.1. The van der Waals surface area contributed by atoms with E-state index in [1.807, 2.05) is 0 Å². The molecular weight excluding hydrogens is 234 g/mol. The van der Waals surface area contributed by atoms with Crippen molar-refractivity contribution >= 4 is 5.97 Å². The molecule has 1 aliphatic rings. The highest BCUT2D eigenvalue weighted by Gasteiger charge is 2.22. The van der Waals surface area contributed by atoms with Gasteiger partial charge in [-0.2, -0.15) is 0 Å². The summed E-state index contributed by atoms with van der Waals surface area (Å²) in [6.45, 7) is 3.25. The molecule has 5 nitrogen and oxygen atoms in total. The SMILES string of the molecule is COCC1CCCN(Cc2occc2C(=O)O)C1. The summed E-state index contributed by atoms with van der Waals surface area (Å²) in [7, 11) is 1.72. The van der Waals surface area contributed by atoms with Gasteiger partial charge in [-0.25, -0.2) is 4.79 Å². The fraction of sp³-hybridized carbons (Fsp3) is 0.615. The minimum atomic E-state index is -0.927. The van der Waals surface area contributed by atoms with Gasteiger partial charge in [0, 0.05) is 13.7 Å². The number of piperidine rings is 1. The Kier molecular flexibility index (Phi) is 4.38. The monoisotopic (exact) mass is 253 g/mol. The largest absolute Gasteiger partial charge is 0.478 e. The van der Waals surface area contributed by atoms with Crippen LogP contribution in [0.2, 0.25) is 0 Å². The first-order valence-electron chi connectivity index (χ1n) is 6.21. The molecule has 1 atom stereocenters. The lowest BCUT2D eigenvalue weighted by Crippen LogP contribution is -2.36. The minimum absolute atomic E-state index is 0.267. The van der Waals surface area contributed by atoms with Crippen molar-refractivity contribution in [3.8, 4) is 0 Å². The number of rotatable bonds is 5. The molecule has 0 radical (unpaired) electrons. The van der Waals surface area contributed by atoms with Crippen molar-refractivity contribution in [1.29, 1.82) is 0 Å². The second-order valence-electron chi connectivity index (χ2n) is 4.76. The number of hydrogen-bond acceptors (Lipinski definition) is 4. The van der Waals surface area contributed by atoms with Crippen LogP contribution < -0.4 is 0 Å². The minimum Gasteiger partial charge on any atom is -0.478 e. The molecule has 2 heterocycles. The summed E-state index contributed by atoms with van der Waals surface area (Å²) in [6, 6.07) is 1.51. The fourth-order valence-corrected chi connectivity index (χ4v) is 2.52. The average molecular weight is 253 g/mol. The molecule has 0 aromatic carbocycles. The molecule has 1 unspecified atom stereocenters. The van der Waals surface area contributed by atoms with Gasteiger partial charge in [-0.3, -0.25) is 4.90 Å². The summed E-state index contributed by atoms with van der Waals surface area (Å²) >= 11 is 0. The zero-order valence-electron chi connectivity index (χ0n) is 10.6. The van der Waals surface area contributed by atoms with Crippen LogP contribution in [0, 0.1) is 5.92 Å². The lowest BCUT2D eigenvalue weighted by molar-refractivity contribution is 0.0683. The van der Waals surface area contributed by atoms with E-state index in [4.69, 9.17) is 14.3 Å². The third kappa shape index (κ3) is 3.11. The predicted octanol–water partition coefficient (Wildman–Crippen LogP) is 1.84. The average Bonchev–Trinajstić information content (AvgIpc) is 2.78.